The van der Waals surface area contributed by atoms with Gasteiger partial charge in [-0.1, -0.05) is 27.2 Å². The Morgan fingerprint density at radius 2 is 1.89 bits per heavy atom. The average molecular weight is 479 g/mol. The van der Waals surface area contributed by atoms with Crippen molar-refractivity contribution in [3.05, 3.63) is 30.1 Å². The molecule has 3 heterocycles. The van der Waals surface area contributed by atoms with Gasteiger partial charge in [-0.15, -0.1) is 10.2 Å². The van der Waals surface area contributed by atoms with Gasteiger partial charge in [0.2, 0.25) is 5.91 Å². The highest BCUT2D eigenvalue weighted by Gasteiger charge is 2.56. The largest absolute Gasteiger partial charge is 0.325 e. The van der Waals surface area contributed by atoms with Crippen molar-refractivity contribution >= 4 is 23.5 Å². The van der Waals surface area contributed by atoms with Crippen LogP contribution in [0.3, 0.4) is 0 Å². The molecule has 5 rings (SSSR count). The maximum absolute atomic E-state index is 13.3. The minimum absolute atomic E-state index is 0.0522. The van der Waals surface area contributed by atoms with Gasteiger partial charge in [0, 0.05) is 24.2 Å². The van der Waals surface area contributed by atoms with Gasteiger partial charge >= 0.3 is 6.03 Å². The molecule has 9 heteroatoms. The Bertz CT molecular complexity index is 1150. The molecule has 2 aromatic rings. The maximum Gasteiger partial charge on any atom is 0.325 e. The molecule has 1 aliphatic carbocycles. The third kappa shape index (κ3) is 4.56. The monoisotopic (exact) mass is 478 g/mol. The molecule has 2 atom stereocenters. The molecule has 0 bridgehead atoms. The van der Waals surface area contributed by atoms with Gasteiger partial charge in [-0.3, -0.25) is 14.5 Å². The summed E-state index contributed by atoms with van der Waals surface area (Å²) in [6.45, 7) is 6.97. The fourth-order valence-electron chi connectivity index (χ4n) is 6.39. The van der Waals surface area contributed by atoms with Gasteiger partial charge in [0.15, 0.2) is 5.82 Å². The second kappa shape index (κ2) is 8.77. The minimum Gasteiger partial charge on any atom is -0.325 e. The Morgan fingerprint density at radius 1 is 1.11 bits per heavy atom. The molecule has 0 radical (unpaired) electrons. The molecule has 2 aliphatic heterocycles. The third-order valence-electron chi connectivity index (χ3n) is 7.46. The minimum atomic E-state index is -0.906. The molecule has 4 amide bonds. The van der Waals surface area contributed by atoms with Crippen molar-refractivity contribution in [1.29, 1.82) is 0 Å². The first kappa shape index (κ1) is 23.5. The van der Waals surface area contributed by atoms with E-state index in [1.807, 2.05) is 24.3 Å². The number of rotatable bonds is 4. The molecule has 186 valence electrons. The van der Waals surface area contributed by atoms with Gasteiger partial charge in [0.1, 0.15) is 17.9 Å². The summed E-state index contributed by atoms with van der Waals surface area (Å²) in [5.41, 5.74) is 0.581. The number of urea groups is 1. The van der Waals surface area contributed by atoms with E-state index in [1.165, 1.54) is 6.42 Å². The Hall–Kier alpha value is -3.23. The van der Waals surface area contributed by atoms with Crippen molar-refractivity contribution in [3.63, 3.8) is 0 Å². The van der Waals surface area contributed by atoms with Crippen LogP contribution >= 0.6 is 0 Å². The number of hydrogen-bond acceptors (Lipinski definition) is 5. The highest BCUT2D eigenvalue weighted by Crippen LogP contribution is 2.46. The number of amides is 4. The summed E-state index contributed by atoms with van der Waals surface area (Å²) < 4.78 is 2.18. The Balaban J connectivity index is 1.24. The summed E-state index contributed by atoms with van der Waals surface area (Å²) in [7, 11) is 0. The van der Waals surface area contributed by atoms with Crippen molar-refractivity contribution in [2.75, 3.05) is 11.9 Å². The van der Waals surface area contributed by atoms with Crippen LogP contribution in [0.1, 0.15) is 65.1 Å². The number of aromatic nitrogens is 3. The van der Waals surface area contributed by atoms with Crippen LogP contribution in [0.15, 0.2) is 24.3 Å². The van der Waals surface area contributed by atoms with E-state index in [4.69, 9.17) is 0 Å². The lowest BCUT2D eigenvalue weighted by atomic mass is 9.64. The summed E-state index contributed by atoms with van der Waals surface area (Å²) >= 11 is 0. The van der Waals surface area contributed by atoms with Crippen molar-refractivity contribution in [2.45, 2.75) is 77.8 Å². The quantitative estimate of drug-likeness (QED) is 0.651. The van der Waals surface area contributed by atoms with Crippen LogP contribution in [0, 0.1) is 11.3 Å². The number of anilines is 1. The molecule has 1 aromatic heterocycles. The first-order chi connectivity index (χ1) is 16.7. The summed E-state index contributed by atoms with van der Waals surface area (Å²) in [5.74, 6) is 1.49. The van der Waals surface area contributed by atoms with E-state index in [9.17, 15) is 14.4 Å². The normalized spacial score (nSPS) is 25.8. The molecule has 3 aliphatic rings. The van der Waals surface area contributed by atoms with Crippen molar-refractivity contribution < 1.29 is 14.4 Å². The zero-order chi connectivity index (χ0) is 24.8. The number of fused-ring (bicyclic) bond motifs is 1. The van der Waals surface area contributed by atoms with E-state index < -0.39 is 17.5 Å². The van der Waals surface area contributed by atoms with Crippen LogP contribution in [0.25, 0.3) is 11.4 Å². The lowest BCUT2D eigenvalue weighted by Gasteiger charge is -2.43. The van der Waals surface area contributed by atoms with Gasteiger partial charge in [0.05, 0.1) is 0 Å². The smallest absolute Gasteiger partial charge is 0.325 e. The van der Waals surface area contributed by atoms with Crippen molar-refractivity contribution in [2.24, 2.45) is 11.3 Å². The van der Waals surface area contributed by atoms with Crippen LogP contribution in [-0.2, 0) is 22.6 Å². The number of carbonyl (C=O) groups excluding carboxylic acids is 3. The number of imide groups is 1. The topological polar surface area (TPSA) is 109 Å². The predicted octanol–water partition coefficient (Wildman–Crippen LogP) is 3.75. The second-order valence-electron chi connectivity index (χ2n) is 11.3. The number of carbonyl (C=O) groups is 3. The number of benzene rings is 1. The first-order valence-electron chi connectivity index (χ1n) is 12.6. The Morgan fingerprint density at radius 3 is 2.63 bits per heavy atom. The summed E-state index contributed by atoms with van der Waals surface area (Å²) in [6, 6.07) is 6.95. The van der Waals surface area contributed by atoms with E-state index in [0.717, 1.165) is 54.3 Å². The molecule has 0 unspecified atom stereocenters. The summed E-state index contributed by atoms with van der Waals surface area (Å²) in [4.78, 5) is 39.8. The van der Waals surface area contributed by atoms with Crippen LogP contribution < -0.4 is 10.6 Å². The van der Waals surface area contributed by atoms with Crippen LogP contribution in [0.4, 0.5) is 10.5 Å². The summed E-state index contributed by atoms with van der Waals surface area (Å²) in [6.07, 6.45) is 6.59. The molecule has 2 N–H and O–H groups in total. The molecule has 35 heavy (non-hydrogen) atoms. The molecule has 1 aromatic carbocycles. The Labute approximate surface area is 205 Å². The maximum atomic E-state index is 13.3. The van der Waals surface area contributed by atoms with Gasteiger partial charge in [0.25, 0.3) is 5.91 Å². The van der Waals surface area contributed by atoms with E-state index in [2.05, 4.69) is 46.2 Å². The molecule has 1 saturated heterocycles. The number of nitrogens with one attached hydrogen (secondary N) is 2. The van der Waals surface area contributed by atoms with Crippen LogP contribution in [0.2, 0.25) is 0 Å². The second-order valence-corrected chi connectivity index (χ2v) is 11.3. The van der Waals surface area contributed by atoms with Crippen molar-refractivity contribution in [1.82, 2.24) is 25.0 Å². The van der Waals surface area contributed by atoms with Gasteiger partial charge in [-0.2, -0.15) is 0 Å². The van der Waals surface area contributed by atoms with E-state index in [-0.39, 0.29) is 17.9 Å². The average Bonchev–Trinajstić information content (AvgIpc) is 3.15. The Kier molecular flexibility index (Phi) is 5.89. The lowest BCUT2D eigenvalue weighted by molar-refractivity contribution is -0.136. The summed E-state index contributed by atoms with van der Waals surface area (Å²) in [5, 5.41) is 14.5. The molecule has 9 nitrogen and oxygen atoms in total. The van der Waals surface area contributed by atoms with Crippen molar-refractivity contribution in [3.8, 4) is 11.4 Å². The van der Waals surface area contributed by atoms with E-state index >= 15 is 0 Å². The SMILES string of the molecule is C[C@@H]1CC(C)(C)C[C@]2(C1)NC(=O)N(CC(=O)Nc1ccc(-c3nnc4n3CCCCC4)cc1)C2=O. The standard InChI is InChI=1S/C26H34N6O3/c1-17-13-25(2,3)16-26(14-17)23(34)32(24(35)28-26)15-21(33)27-19-10-8-18(9-11-19)22-30-29-20-7-5-4-6-12-31(20)22/h8-11,17H,4-7,12-16H2,1-3H3,(H,27,33)(H,28,35)/t17-,26+/m1/s1. The number of nitrogens with zero attached hydrogens (tertiary/aromatic N) is 4. The van der Waals surface area contributed by atoms with Gasteiger partial charge in [-0.25, -0.2) is 4.79 Å². The zero-order valence-corrected chi connectivity index (χ0v) is 20.8. The first-order valence-corrected chi connectivity index (χ1v) is 12.6. The highest BCUT2D eigenvalue weighted by molar-refractivity contribution is 6.10. The van der Waals surface area contributed by atoms with Crippen LogP contribution in [0.5, 0.6) is 0 Å². The third-order valence-corrected chi connectivity index (χ3v) is 7.46. The predicted molar refractivity (Wildman–Crippen MR) is 131 cm³/mol. The fraction of sp³-hybridized carbons (Fsp3) is 0.577. The van der Waals surface area contributed by atoms with E-state index in [1.54, 1.807) is 0 Å². The molecule has 1 spiro atoms. The van der Waals surface area contributed by atoms with E-state index in [0.29, 0.717) is 24.4 Å². The number of hydrogen-bond donors (Lipinski definition) is 2. The zero-order valence-electron chi connectivity index (χ0n) is 20.8. The fourth-order valence-corrected chi connectivity index (χ4v) is 6.39. The van der Waals surface area contributed by atoms with Gasteiger partial charge in [-0.05, 0) is 67.7 Å². The van der Waals surface area contributed by atoms with Gasteiger partial charge < -0.3 is 15.2 Å². The van der Waals surface area contributed by atoms with Crippen LogP contribution in [-0.4, -0.2) is 49.6 Å². The highest BCUT2D eigenvalue weighted by atomic mass is 16.2. The molecular formula is C26H34N6O3. The molecular weight excluding hydrogens is 444 g/mol. The lowest BCUT2D eigenvalue weighted by Crippen LogP contribution is -2.54. The molecule has 1 saturated carbocycles. The molecule has 2 fully saturated rings. The number of aryl methyl sites for hydroxylation is 1.